The first-order chi connectivity index (χ1) is 18.4. The maximum Gasteiger partial charge on any atom is 0.246 e. The maximum atomic E-state index is 14.7. The molecule has 0 aliphatic carbocycles. The Bertz CT molecular complexity index is 1540. The van der Waals surface area contributed by atoms with E-state index in [0.717, 1.165) is 0 Å². The van der Waals surface area contributed by atoms with E-state index in [4.69, 9.17) is 25.8 Å². The van der Waals surface area contributed by atoms with Crippen molar-refractivity contribution in [3.63, 3.8) is 0 Å². The maximum absolute atomic E-state index is 14.7. The molecule has 1 aliphatic rings. The normalized spacial score (nSPS) is 13.1. The van der Waals surface area contributed by atoms with Gasteiger partial charge in [-0.15, -0.1) is 0 Å². The molecular formula is C28H24ClFN4O4. The van der Waals surface area contributed by atoms with Crippen LogP contribution in [0.4, 0.5) is 15.9 Å². The molecular weight excluding hydrogens is 511 g/mol. The minimum absolute atomic E-state index is 0.0412. The van der Waals surface area contributed by atoms with Crippen LogP contribution >= 0.6 is 11.6 Å². The number of aromatic nitrogens is 2. The highest BCUT2D eigenvalue weighted by Crippen LogP contribution is 2.39. The average Bonchev–Trinajstić information content (AvgIpc) is 2.91. The summed E-state index contributed by atoms with van der Waals surface area (Å²) in [5, 5.41) is 4.01. The number of halogens is 2. The SMILES string of the molecule is C=CC(=O)N1CC(Oc2cc3c(Nc4cc(-c5cccc(Cl)c5F)ccc4OC)ncnc3cc2OC)C1. The molecule has 10 heteroatoms. The number of nitrogens with zero attached hydrogens (tertiary/aromatic N) is 3. The molecule has 2 heterocycles. The monoisotopic (exact) mass is 534 g/mol. The predicted molar refractivity (Wildman–Crippen MR) is 144 cm³/mol. The van der Waals surface area contributed by atoms with Gasteiger partial charge in [0.2, 0.25) is 5.91 Å². The topological polar surface area (TPSA) is 85.8 Å². The van der Waals surface area contributed by atoms with Crippen LogP contribution in [0.15, 0.2) is 67.5 Å². The van der Waals surface area contributed by atoms with Gasteiger partial charge in [0.15, 0.2) is 11.5 Å². The minimum Gasteiger partial charge on any atom is -0.495 e. The highest BCUT2D eigenvalue weighted by atomic mass is 35.5. The summed E-state index contributed by atoms with van der Waals surface area (Å²) in [6.45, 7) is 4.42. The van der Waals surface area contributed by atoms with E-state index in [1.165, 1.54) is 18.5 Å². The molecule has 1 amide bonds. The van der Waals surface area contributed by atoms with Crippen molar-refractivity contribution in [2.24, 2.45) is 0 Å². The second-order valence-corrected chi connectivity index (χ2v) is 8.98. The fraction of sp³-hybridized carbons (Fsp3) is 0.179. The first-order valence-corrected chi connectivity index (χ1v) is 12.1. The van der Waals surface area contributed by atoms with Crippen molar-refractivity contribution in [2.75, 3.05) is 32.6 Å². The molecule has 38 heavy (non-hydrogen) atoms. The van der Waals surface area contributed by atoms with Crippen LogP contribution in [0.1, 0.15) is 0 Å². The summed E-state index contributed by atoms with van der Waals surface area (Å²) in [6.07, 6.45) is 2.53. The third kappa shape index (κ3) is 4.80. The highest BCUT2D eigenvalue weighted by molar-refractivity contribution is 6.31. The van der Waals surface area contributed by atoms with Gasteiger partial charge in [0.1, 0.15) is 29.8 Å². The fourth-order valence-electron chi connectivity index (χ4n) is 4.24. The van der Waals surface area contributed by atoms with Gasteiger partial charge in [0.25, 0.3) is 0 Å². The van der Waals surface area contributed by atoms with Gasteiger partial charge in [0, 0.05) is 17.0 Å². The number of ether oxygens (including phenoxy) is 3. The van der Waals surface area contributed by atoms with Gasteiger partial charge in [-0.2, -0.15) is 0 Å². The molecule has 0 saturated carbocycles. The van der Waals surface area contributed by atoms with E-state index in [1.54, 1.807) is 61.6 Å². The molecule has 1 aliphatic heterocycles. The number of carbonyl (C=O) groups is 1. The van der Waals surface area contributed by atoms with Gasteiger partial charge in [-0.05, 0) is 35.9 Å². The lowest BCUT2D eigenvalue weighted by Crippen LogP contribution is -2.55. The molecule has 1 saturated heterocycles. The quantitative estimate of drug-likeness (QED) is 0.293. The van der Waals surface area contributed by atoms with E-state index >= 15 is 0 Å². The number of likely N-dealkylation sites (tertiary alicyclic amines) is 1. The van der Waals surface area contributed by atoms with E-state index in [2.05, 4.69) is 21.9 Å². The summed E-state index contributed by atoms with van der Waals surface area (Å²) in [4.78, 5) is 22.2. The van der Waals surface area contributed by atoms with E-state index in [9.17, 15) is 9.18 Å². The summed E-state index contributed by atoms with van der Waals surface area (Å²) >= 11 is 6.00. The molecule has 4 aromatic rings. The standard InChI is InChI=1S/C28H24ClFN4O4/c1-4-26(35)34-13-17(14-34)38-25-11-19-21(12-24(25)37-3)31-15-32-28(19)33-22-10-16(8-9-23(22)36-2)18-6-5-7-20(29)27(18)30/h4-12,15,17H,1,13-14H2,2-3H3,(H,31,32,33). The Balaban J connectivity index is 1.49. The second kappa shape index (κ2) is 10.5. The zero-order valence-corrected chi connectivity index (χ0v) is 21.5. The van der Waals surface area contributed by atoms with Crippen molar-refractivity contribution in [2.45, 2.75) is 6.10 Å². The number of fused-ring (bicyclic) bond motifs is 1. The van der Waals surface area contributed by atoms with Crippen molar-refractivity contribution in [1.82, 2.24) is 14.9 Å². The summed E-state index contributed by atoms with van der Waals surface area (Å²) < 4.78 is 31.9. The fourth-order valence-corrected chi connectivity index (χ4v) is 4.42. The summed E-state index contributed by atoms with van der Waals surface area (Å²) in [7, 11) is 3.10. The Labute approximate surface area is 223 Å². The van der Waals surface area contributed by atoms with E-state index in [-0.39, 0.29) is 17.0 Å². The Morgan fingerprint density at radius 3 is 2.63 bits per heavy atom. The highest BCUT2D eigenvalue weighted by Gasteiger charge is 2.31. The lowest BCUT2D eigenvalue weighted by Gasteiger charge is -2.38. The molecule has 1 aromatic heterocycles. The Morgan fingerprint density at radius 1 is 1.11 bits per heavy atom. The Kier molecular flexibility index (Phi) is 7.02. The van der Waals surface area contributed by atoms with Crippen LogP contribution in [0.25, 0.3) is 22.0 Å². The summed E-state index contributed by atoms with van der Waals surface area (Å²) in [6, 6.07) is 13.7. The van der Waals surface area contributed by atoms with Gasteiger partial charge in [-0.3, -0.25) is 4.79 Å². The first-order valence-electron chi connectivity index (χ1n) is 11.7. The molecule has 0 spiro atoms. The number of carbonyl (C=O) groups excluding carboxylic acids is 1. The number of anilines is 2. The molecule has 194 valence electrons. The van der Waals surface area contributed by atoms with Gasteiger partial charge >= 0.3 is 0 Å². The summed E-state index contributed by atoms with van der Waals surface area (Å²) in [5.74, 6) is 1.39. The number of benzene rings is 3. The molecule has 0 atom stereocenters. The van der Waals surface area contributed by atoms with Crippen LogP contribution in [-0.4, -0.2) is 54.2 Å². The third-order valence-electron chi connectivity index (χ3n) is 6.26. The molecule has 3 aromatic carbocycles. The van der Waals surface area contributed by atoms with Crippen molar-refractivity contribution in [1.29, 1.82) is 0 Å². The number of hydrogen-bond acceptors (Lipinski definition) is 7. The van der Waals surface area contributed by atoms with Crippen LogP contribution in [-0.2, 0) is 4.79 Å². The number of methoxy groups -OCH3 is 2. The number of amides is 1. The Morgan fingerprint density at radius 2 is 1.89 bits per heavy atom. The molecule has 0 unspecified atom stereocenters. The van der Waals surface area contributed by atoms with Crippen LogP contribution in [0.2, 0.25) is 5.02 Å². The predicted octanol–water partition coefficient (Wildman–Crippen LogP) is 5.63. The zero-order valence-electron chi connectivity index (χ0n) is 20.7. The second-order valence-electron chi connectivity index (χ2n) is 8.57. The van der Waals surface area contributed by atoms with Gasteiger partial charge in [-0.25, -0.2) is 14.4 Å². The van der Waals surface area contributed by atoms with Crippen LogP contribution in [0, 0.1) is 5.82 Å². The summed E-state index contributed by atoms with van der Waals surface area (Å²) in [5.41, 5.74) is 2.17. The van der Waals surface area contributed by atoms with Crippen molar-refractivity contribution in [3.05, 3.63) is 78.4 Å². The van der Waals surface area contributed by atoms with Crippen molar-refractivity contribution >= 4 is 39.9 Å². The molecule has 1 fully saturated rings. The van der Waals surface area contributed by atoms with E-state index in [0.29, 0.717) is 63.9 Å². The lowest BCUT2D eigenvalue weighted by atomic mass is 10.0. The first kappa shape index (κ1) is 25.3. The average molecular weight is 535 g/mol. The van der Waals surface area contributed by atoms with Gasteiger partial charge < -0.3 is 24.4 Å². The number of nitrogens with one attached hydrogen (secondary N) is 1. The molecule has 0 radical (unpaired) electrons. The number of hydrogen-bond donors (Lipinski definition) is 1. The third-order valence-corrected chi connectivity index (χ3v) is 6.56. The van der Waals surface area contributed by atoms with Crippen LogP contribution in [0.3, 0.4) is 0 Å². The molecule has 8 nitrogen and oxygen atoms in total. The molecule has 0 bridgehead atoms. The number of rotatable bonds is 8. The zero-order chi connectivity index (χ0) is 26.8. The molecule has 5 rings (SSSR count). The van der Waals surface area contributed by atoms with Crippen LogP contribution < -0.4 is 19.5 Å². The minimum atomic E-state index is -0.504. The van der Waals surface area contributed by atoms with Gasteiger partial charge in [0.05, 0.1) is 43.5 Å². The lowest BCUT2D eigenvalue weighted by molar-refractivity contribution is -0.134. The van der Waals surface area contributed by atoms with E-state index < -0.39 is 5.82 Å². The van der Waals surface area contributed by atoms with Crippen molar-refractivity contribution < 1.29 is 23.4 Å². The molecule has 1 N–H and O–H groups in total. The Hall–Kier alpha value is -4.37. The smallest absolute Gasteiger partial charge is 0.246 e. The van der Waals surface area contributed by atoms with Gasteiger partial charge in [-0.1, -0.05) is 36.4 Å². The van der Waals surface area contributed by atoms with Crippen molar-refractivity contribution in [3.8, 4) is 28.4 Å². The largest absolute Gasteiger partial charge is 0.495 e. The van der Waals surface area contributed by atoms with E-state index in [1.807, 2.05) is 0 Å². The van der Waals surface area contributed by atoms with Crippen LogP contribution in [0.5, 0.6) is 17.2 Å².